The van der Waals surface area contributed by atoms with Gasteiger partial charge in [-0.25, -0.2) is 0 Å². The lowest BCUT2D eigenvalue weighted by Gasteiger charge is -2.15. The molecule has 0 atom stereocenters. The van der Waals surface area contributed by atoms with Crippen LogP contribution in [0.25, 0.3) is 0 Å². The molecule has 1 aliphatic rings. The smallest absolute Gasteiger partial charge is 0.230 e. The number of carbonyl (C=O) groups is 1. The van der Waals surface area contributed by atoms with Crippen molar-refractivity contribution >= 4 is 17.7 Å². The molecule has 1 amide bonds. The quantitative estimate of drug-likeness (QED) is 0.749. The van der Waals surface area contributed by atoms with E-state index in [1.54, 1.807) is 16.7 Å². The molecule has 1 heterocycles. The van der Waals surface area contributed by atoms with Crippen LogP contribution < -0.4 is 10.2 Å². The Morgan fingerprint density at radius 1 is 1.04 bits per heavy atom. The van der Waals surface area contributed by atoms with Crippen molar-refractivity contribution in [3.8, 4) is 0 Å². The Balaban J connectivity index is 1.49. The van der Waals surface area contributed by atoms with Gasteiger partial charge in [0.15, 0.2) is 0 Å². The van der Waals surface area contributed by atoms with E-state index in [-0.39, 0.29) is 5.91 Å². The van der Waals surface area contributed by atoms with Crippen molar-refractivity contribution in [2.24, 2.45) is 0 Å². The van der Waals surface area contributed by atoms with Crippen LogP contribution in [0.2, 0.25) is 0 Å². The fourth-order valence-electron chi connectivity index (χ4n) is 3.25. The highest BCUT2D eigenvalue weighted by molar-refractivity contribution is 8.00. The fraction of sp³-hybridized carbons (Fsp3) is 0.381. The SMILES string of the molecule is Cc1ccc(SCC(=O)NCc2ccccc2C[NH+]2CCCC2)cc1. The molecule has 1 saturated heterocycles. The van der Waals surface area contributed by atoms with E-state index in [0.717, 1.165) is 11.4 Å². The maximum atomic E-state index is 12.2. The molecule has 0 bridgehead atoms. The Bertz CT molecular complexity index is 693. The summed E-state index contributed by atoms with van der Waals surface area (Å²) in [6.07, 6.45) is 2.68. The van der Waals surface area contributed by atoms with Crippen LogP contribution >= 0.6 is 11.8 Å². The zero-order chi connectivity index (χ0) is 17.5. The lowest BCUT2D eigenvalue weighted by molar-refractivity contribution is -0.901. The number of aryl methyl sites for hydroxylation is 1. The van der Waals surface area contributed by atoms with Crippen molar-refractivity contribution in [1.29, 1.82) is 0 Å². The number of rotatable bonds is 7. The van der Waals surface area contributed by atoms with E-state index in [2.05, 4.69) is 60.8 Å². The minimum atomic E-state index is 0.0916. The van der Waals surface area contributed by atoms with Crippen molar-refractivity contribution in [1.82, 2.24) is 5.32 Å². The van der Waals surface area contributed by atoms with Crippen LogP contribution in [0, 0.1) is 6.92 Å². The monoisotopic (exact) mass is 355 g/mol. The summed E-state index contributed by atoms with van der Waals surface area (Å²) in [5, 5.41) is 3.08. The zero-order valence-electron chi connectivity index (χ0n) is 14.9. The molecule has 0 saturated carbocycles. The normalized spacial score (nSPS) is 14.6. The predicted molar refractivity (Wildman–Crippen MR) is 104 cm³/mol. The molecule has 3 rings (SSSR count). The van der Waals surface area contributed by atoms with E-state index in [1.807, 2.05) is 0 Å². The summed E-state index contributed by atoms with van der Waals surface area (Å²) in [5.74, 6) is 0.552. The van der Waals surface area contributed by atoms with Crippen LogP contribution in [0.1, 0.15) is 29.5 Å². The first kappa shape index (κ1) is 18.0. The lowest BCUT2D eigenvalue weighted by Crippen LogP contribution is -3.08. The Morgan fingerprint density at radius 3 is 2.44 bits per heavy atom. The van der Waals surface area contributed by atoms with Crippen LogP contribution in [-0.2, 0) is 17.9 Å². The molecular formula is C21H27N2OS+. The lowest BCUT2D eigenvalue weighted by atomic mass is 10.1. The molecule has 0 aliphatic carbocycles. The summed E-state index contributed by atoms with van der Waals surface area (Å²) >= 11 is 1.59. The average molecular weight is 356 g/mol. The summed E-state index contributed by atoms with van der Waals surface area (Å²) in [5.41, 5.74) is 3.85. The van der Waals surface area contributed by atoms with E-state index in [4.69, 9.17) is 0 Å². The van der Waals surface area contributed by atoms with Crippen molar-refractivity contribution < 1.29 is 9.69 Å². The average Bonchev–Trinajstić information content (AvgIpc) is 3.13. The second kappa shape index (κ2) is 9.07. The second-order valence-corrected chi connectivity index (χ2v) is 7.83. The first-order valence-corrected chi connectivity index (χ1v) is 10.1. The number of hydrogen-bond acceptors (Lipinski definition) is 2. The number of likely N-dealkylation sites (tertiary alicyclic amines) is 1. The number of thioether (sulfide) groups is 1. The highest BCUT2D eigenvalue weighted by atomic mass is 32.2. The van der Waals surface area contributed by atoms with Gasteiger partial charge in [-0.15, -0.1) is 11.8 Å². The first-order valence-electron chi connectivity index (χ1n) is 9.07. The molecule has 132 valence electrons. The number of hydrogen-bond donors (Lipinski definition) is 2. The highest BCUT2D eigenvalue weighted by Gasteiger charge is 2.17. The number of carbonyl (C=O) groups excluding carboxylic acids is 1. The molecule has 0 spiro atoms. The molecule has 2 aromatic rings. The summed E-state index contributed by atoms with van der Waals surface area (Å²) < 4.78 is 0. The molecule has 2 N–H and O–H groups in total. The third kappa shape index (κ3) is 5.62. The Kier molecular flexibility index (Phi) is 6.54. The van der Waals surface area contributed by atoms with Gasteiger partial charge in [0, 0.05) is 29.8 Å². The Morgan fingerprint density at radius 2 is 1.72 bits per heavy atom. The van der Waals surface area contributed by atoms with Gasteiger partial charge in [-0.1, -0.05) is 42.0 Å². The zero-order valence-corrected chi connectivity index (χ0v) is 15.7. The number of quaternary nitrogens is 1. The van der Waals surface area contributed by atoms with Gasteiger partial charge in [-0.05, 0) is 24.6 Å². The molecule has 25 heavy (non-hydrogen) atoms. The van der Waals surface area contributed by atoms with Gasteiger partial charge in [-0.3, -0.25) is 4.79 Å². The van der Waals surface area contributed by atoms with Crippen molar-refractivity contribution in [3.63, 3.8) is 0 Å². The summed E-state index contributed by atoms with van der Waals surface area (Å²) in [4.78, 5) is 15.0. The van der Waals surface area contributed by atoms with Crippen LogP contribution in [0.5, 0.6) is 0 Å². The molecule has 0 radical (unpaired) electrons. The van der Waals surface area contributed by atoms with Gasteiger partial charge < -0.3 is 10.2 Å². The van der Waals surface area contributed by atoms with E-state index in [0.29, 0.717) is 12.3 Å². The standard InChI is InChI=1S/C21H26N2OS/c1-17-8-10-20(11-9-17)25-16-21(24)22-14-18-6-2-3-7-19(18)15-23-12-4-5-13-23/h2-3,6-11H,4-5,12-16H2,1H3,(H,22,24)/p+1. The van der Waals surface area contributed by atoms with Crippen LogP contribution in [0.3, 0.4) is 0 Å². The maximum Gasteiger partial charge on any atom is 0.230 e. The van der Waals surface area contributed by atoms with E-state index in [9.17, 15) is 4.79 Å². The van der Waals surface area contributed by atoms with Crippen LogP contribution in [-0.4, -0.2) is 24.7 Å². The van der Waals surface area contributed by atoms with Gasteiger partial charge in [0.05, 0.1) is 18.8 Å². The minimum absolute atomic E-state index is 0.0916. The van der Waals surface area contributed by atoms with Crippen molar-refractivity contribution in [2.45, 2.75) is 37.8 Å². The molecule has 1 aliphatic heterocycles. The maximum absolute atomic E-state index is 12.2. The molecule has 4 heteroatoms. The van der Waals surface area contributed by atoms with E-state index in [1.165, 1.54) is 42.6 Å². The van der Waals surface area contributed by atoms with E-state index >= 15 is 0 Å². The molecule has 0 unspecified atom stereocenters. The third-order valence-corrected chi connectivity index (χ3v) is 5.75. The summed E-state index contributed by atoms with van der Waals surface area (Å²) in [6, 6.07) is 16.8. The van der Waals surface area contributed by atoms with Crippen molar-refractivity contribution in [2.75, 3.05) is 18.8 Å². The number of amides is 1. The number of nitrogens with one attached hydrogen (secondary N) is 2. The summed E-state index contributed by atoms with van der Waals surface area (Å²) in [7, 11) is 0. The minimum Gasteiger partial charge on any atom is -0.351 e. The molecule has 1 fully saturated rings. The fourth-order valence-corrected chi connectivity index (χ4v) is 3.98. The largest absolute Gasteiger partial charge is 0.351 e. The summed E-state index contributed by atoms with van der Waals surface area (Å²) in [6.45, 7) is 6.31. The van der Waals surface area contributed by atoms with Gasteiger partial charge >= 0.3 is 0 Å². The van der Waals surface area contributed by atoms with Crippen molar-refractivity contribution in [3.05, 3.63) is 65.2 Å². The molecule has 0 aromatic heterocycles. The highest BCUT2D eigenvalue weighted by Crippen LogP contribution is 2.18. The Hall–Kier alpha value is -1.78. The molecule has 2 aromatic carbocycles. The Labute approximate surface area is 154 Å². The van der Waals surface area contributed by atoms with Gasteiger partial charge in [0.1, 0.15) is 6.54 Å². The van der Waals surface area contributed by atoms with Crippen LogP contribution in [0.4, 0.5) is 0 Å². The second-order valence-electron chi connectivity index (χ2n) is 6.78. The number of benzene rings is 2. The van der Waals surface area contributed by atoms with Gasteiger partial charge in [0.2, 0.25) is 5.91 Å². The van der Waals surface area contributed by atoms with Gasteiger partial charge in [-0.2, -0.15) is 0 Å². The van der Waals surface area contributed by atoms with E-state index < -0.39 is 0 Å². The van der Waals surface area contributed by atoms with Gasteiger partial charge in [0.25, 0.3) is 0 Å². The predicted octanol–water partition coefficient (Wildman–Crippen LogP) is 2.58. The topological polar surface area (TPSA) is 33.5 Å². The molecular weight excluding hydrogens is 328 g/mol. The third-order valence-electron chi connectivity index (χ3n) is 4.74. The molecule has 3 nitrogen and oxygen atoms in total. The first-order chi connectivity index (χ1) is 12.2. The van der Waals surface area contributed by atoms with Crippen LogP contribution in [0.15, 0.2) is 53.4 Å².